The predicted molar refractivity (Wildman–Crippen MR) is 125 cm³/mol. The number of aliphatic hydroxyl groups is 1. The van der Waals surface area contributed by atoms with Crippen molar-refractivity contribution in [3.8, 4) is 0 Å². The van der Waals surface area contributed by atoms with E-state index in [1.807, 2.05) is 0 Å². The summed E-state index contributed by atoms with van der Waals surface area (Å²) in [7, 11) is -5.49. The van der Waals surface area contributed by atoms with E-state index in [1.54, 1.807) is 0 Å². The minimum atomic E-state index is -5.49. The third-order valence-corrected chi connectivity index (χ3v) is 12.1. The number of aliphatic hydroxyl groups excluding tert-OH is 1. The smallest absolute Gasteiger partial charge is 0.481 e. The molecule has 35 heavy (non-hydrogen) atoms. The fourth-order valence-electron chi connectivity index (χ4n) is 9.16. The minimum absolute atomic E-state index is 0.0236. The second-order valence-corrected chi connectivity index (χ2v) is 14.2. The molecule has 0 aromatic rings. The summed E-state index contributed by atoms with van der Waals surface area (Å²) in [4.78, 5) is 11.1. The van der Waals surface area contributed by atoms with Crippen LogP contribution in [0.25, 0.3) is 0 Å². The molecule has 0 radical (unpaired) electrons. The Morgan fingerprint density at radius 3 is 2.31 bits per heavy atom. The van der Waals surface area contributed by atoms with Crippen molar-refractivity contribution >= 4 is 16.0 Å². The Morgan fingerprint density at radius 1 is 1.06 bits per heavy atom. The first-order chi connectivity index (χ1) is 16.1. The van der Waals surface area contributed by atoms with E-state index < -0.39 is 33.6 Å². The molecule has 0 spiro atoms. The summed E-state index contributed by atoms with van der Waals surface area (Å²) < 4.78 is 66.8. The molecule has 0 aromatic heterocycles. The Hall–Kier alpha value is -0.870. The van der Waals surface area contributed by atoms with E-state index in [2.05, 4.69) is 25.5 Å². The molecule has 6 nitrogen and oxygen atoms in total. The van der Waals surface area contributed by atoms with Crippen molar-refractivity contribution in [2.75, 3.05) is 0 Å². The average molecular weight is 524 g/mol. The molecule has 0 aliphatic heterocycles. The van der Waals surface area contributed by atoms with Crippen molar-refractivity contribution in [2.45, 2.75) is 103 Å². The summed E-state index contributed by atoms with van der Waals surface area (Å²) >= 11 is 0. The van der Waals surface area contributed by atoms with Gasteiger partial charge in [-0.25, -0.2) is 13.1 Å². The maximum Gasteiger partial charge on any atom is 0.511 e. The van der Waals surface area contributed by atoms with Crippen molar-refractivity contribution < 1.29 is 36.6 Å². The largest absolute Gasteiger partial charge is 0.511 e. The highest BCUT2D eigenvalue weighted by Crippen LogP contribution is 2.68. The Bertz CT molecular complexity index is 927. The molecule has 4 saturated carbocycles. The van der Waals surface area contributed by atoms with E-state index in [1.165, 1.54) is 0 Å². The molecular weight excluding hydrogens is 483 g/mol. The van der Waals surface area contributed by atoms with Crippen molar-refractivity contribution in [3.05, 3.63) is 0 Å². The van der Waals surface area contributed by atoms with Gasteiger partial charge in [-0.05, 0) is 104 Å². The second kappa shape index (κ2) is 9.15. The molecule has 0 amide bonds. The normalized spacial score (nSPS) is 44.7. The fraction of sp³-hybridized carbons (Fsp3) is 0.960. The summed E-state index contributed by atoms with van der Waals surface area (Å²) in [6, 6.07) is -0.812. The number of alkyl halides is 3. The maximum atomic E-state index is 13.4. The predicted octanol–water partition coefficient (Wildman–Crippen LogP) is 4.92. The number of carbonyl (C=O) groups is 1. The van der Waals surface area contributed by atoms with Crippen LogP contribution in [0.3, 0.4) is 0 Å². The molecule has 2 unspecified atom stereocenters. The second-order valence-electron chi connectivity index (χ2n) is 12.5. The molecule has 4 rings (SSSR count). The Morgan fingerprint density at radius 2 is 1.69 bits per heavy atom. The standard InChI is InChI=1S/C25H40F3NO5S/c1-14(4-7-21(31)32)17-5-6-18-22-19(9-11-24(17,18)3)23(2)10-8-16(30)12-15(23)13-20(22)29-35(33,34)25(26,27)28/h14-20,22,29-30H,4-13H2,1-3H3,(H,31,32)/t14-,15+,16-,17-,18?,19?,20+,22+,23+,24-/m1/s1. The molecule has 0 heterocycles. The van der Waals surface area contributed by atoms with E-state index >= 15 is 0 Å². The van der Waals surface area contributed by atoms with E-state index in [0.717, 1.165) is 32.1 Å². The molecule has 202 valence electrons. The first-order valence-electron chi connectivity index (χ1n) is 13.1. The number of carboxylic acids is 1. The van der Waals surface area contributed by atoms with E-state index in [9.17, 15) is 31.5 Å². The van der Waals surface area contributed by atoms with Gasteiger partial charge in [0.15, 0.2) is 0 Å². The summed E-state index contributed by atoms with van der Waals surface area (Å²) in [5, 5.41) is 19.5. The number of nitrogens with one attached hydrogen (secondary N) is 1. The molecule has 4 fully saturated rings. The van der Waals surface area contributed by atoms with E-state index in [0.29, 0.717) is 25.7 Å². The Balaban J connectivity index is 1.68. The first kappa shape index (κ1) is 27.2. The quantitative estimate of drug-likeness (QED) is 0.458. The molecule has 3 N–H and O–H groups in total. The van der Waals surface area contributed by atoms with Gasteiger partial charge in [0, 0.05) is 12.5 Å². The zero-order valence-corrected chi connectivity index (χ0v) is 21.7. The van der Waals surface area contributed by atoms with Crippen molar-refractivity contribution in [1.29, 1.82) is 0 Å². The highest BCUT2D eigenvalue weighted by molar-refractivity contribution is 7.90. The van der Waals surface area contributed by atoms with Gasteiger partial charge in [0.05, 0.1) is 6.10 Å². The van der Waals surface area contributed by atoms with Crippen LogP contribution in [0.2, 0.25) is 0 Å². The molecular formula is C25H40F3NO5S. The van der Waals surface area contributed by atoms with Crippen molar-refractivity contribution in [3.63, 3.8) is 0 Å². The van der Waals surface area contributed by atoms with Crippen LogP contribution >= 0.6 is 0 Å². The molecule has 0 saturated heterocycles. The average Bonchev–Trinajstić information content (AvgIpc) is 3.09. The van der Waals surface area contributed by atoms with Crippen LogP contribution in [0.4, 0.5) is 13.2 Å². The summed E-state index contributed by atoms with van der Waals surface area (Å²) in [6.07, 6.45) is 5.93. The summed E-state index contributed by atoms with van der Waals surface area (Å²) in [6.45, 7) is 6.50. The topological polar surface area (TPSA) is 104 Å². The third-order valence-electron chi connectivity index (χ3n) is 10.9. The molecule has 4 aliphatic rings. The number of hydrogen-bond donors (Lipinski definition) is 3. The van der Waals surface area contributed by atoms with Crippen LogP contribution in [0.1, 0.15) is 85.0 Å². The maximum absolute atomic E-state index is 13.4. The Kier molecular flexibility index (Phi) is 7.11. The van der Waals surface area contributed by atoms with Gasteiger partial charge in [0.1, 0.15) is 0 Å². The highest BCUT2D eigenvalue weighted by atomic mass is 32.2. The highest BCUT2D eigenvalue weighted by Gasteiger charge is 2.64. The number of carboxylic acid groups (broad SMARTS) is 1. The van der Waals surface area contributed by atoms with Gasteiger partial charge in [-0.3, -0.25) is 4.79 Å². The number of fused-ring (bicyclic) bond motifs is 5. The molecule has 4 aliphatic carbocycles. The van der Waals surface area contributed by atoms with Crippen LogP contribution in [0.5, 0.6) is 0 Å². The fourth-order valence-corrected chi connectivity index (χ4v) is 9.95. The van der Waals surface area contributed by atoms with Crippen molar-refractivity contribution in [2.24, 2.45) is 46.3 Å². The molecule has 0 bridgehead atoms. The van der Waals surface area contributed by atoms with E-state index in [-0.39, 0.29) is 52.8 Å². The first-order valence-corrected chi connectivity index (χ1v) is 14.6. The van der Waals surface area contributed by atoms with Crippen molar-refractivity contribution in [1.82, 2.24) is 4.72 Å². The number of halogens is 3. The van der Waals surface area contributed by atoms with Crippen LogP contribution in [-0.4, -0.2) is 42.3 Å². The van der Waals surface area contributed by atoms with Gasteiger partial charge in [-0.1, -0.05) is 20.8 Å². The minimum Gasteiger partial charge on any atom is -0.481 e. The summed E-state index contributed by atoms with van der Waals surface area (Å²) in [5.74, 6) is -0.410. The van der Waals surface area contributed by atoms with Gasteiger partial charge in [-0.2, -0.15) is 13.2 Å². The SMILES string of the molecule is C[C@H](CCC(=O)O)[C@H]1CCC2[C@H]3C(CC[C@@]21C)[C@@]1(C)CC[C@@H](O)C[C@H]1C[C@@H]3NS(=O)(=O)C(F)(F)F. The van der Waals surface area contributed by atoms with E-state index in [4.69, 9.17) is 5.11 Å². The molecule has 10 heteroatoms. The number of aliphatic carboxylic acids is 1. The molecule has 10 atom stereocenters. The molecule has 0 aromatic carbocycles. The third kappa shape index (κ3) is 4.65. The van der Waals surface area contributed by atoms with Gasteiger partial charge in [0.25, 0.3) is 0 Å². The van der Waals surface area contributed by atoms with Crippen LogP contribution in [0, 0.1) is 46.3 Å². The van der Waals surface area contributed by atoms with Gasteiger partial charge in [-0.15, -0.1) is 0 Å². The lowest BCUT2D eigenvalue weighted by Crippen LogP contribution is -2.63. The number of rotatable bonds is 6. The number of sulfonamides is 1. The lowest BCUT2D eigenvalue weighted by atomic mass is 9.43. The Labute approximate surface area is 206 Å². The monoisotopic (exact) mass is 523 g/mol. The van der Waals surface area contributed by atoms with Gasteiger partial charge < -0.3 is 10.2 Å². The lowest BCUT2D eigenvalue weighted by Gasteiger charge is -2.63. The number of hydrogen-bond acceptors (Lipinski definition) is 4. The lowest BCUT2D eigenvalue weighted by molar-refractivity contribution is -0.141. The zero-order valence-electron chi connectivity index (χ0n) is 20.9. The summed E-state index contributed by atoms with van der Waals surface area (Å²) in [5.41, 5.74) is -5.65. The van der Waals surface area contributed by atoms with Crippen LogP contribution in [0.15, 0.2) is 0 Å². The van der Waals surface area contributed by atoms with Crippen LogP contribution in [-0.2, 0) is 14.8 Å². The van der Waals surface area contributed by atoms with Gasteiger partial charge in [0.2, 0.25) is 0 Å². The zero-order chi connectivity index (χ0) is 26.0. The van der Waals surface area contributed by atoms with Crippen LogP contribution < -0.4 is 4.72 Å². The van der Waals surface area contributed by atoms with Gasteiger partial charge >= 0.3 is 21.5 Å².